The van der Waals surface area contributed by atoms with Gasteiger partial charge in [0.1, 0.15) is 0 Å². The maximum Gasteiger partial charge on any atom is 0.311 e. The number of esters is 1. The molecule has 0 aliphatic rings. The fourth-order valence-electron chi connectivity index (χ4n) is 1.68. The van der Waals surface area contributed by atoms with Crippen LogP contribution in [0.1, 0.15) is 18.2 Å². The minimum atomic E-state index is -3.79. The number of carbonyl (C=O) groups excluding carboxylic acids is 1. The van der Waals surface area contributed by atoms with Gasteiger partial charge in [-0.05, 0) is 31.2 Å². The molecule has 1 aromatic carbocycles. The number of nitrogens with zero attached hydrogens (tertiary/aromatic N) is 2. The van der Waals surface area contributed by atoms with Crippen LogP contribution >= 0.6 is 11.3 Å². The number of aromatic nitrogens is 1. The third-order valence-electron chi connectivity index (χ3n) is 2.70. The van der Waals surface area contributed by atoms with E-state index in [2.05, 4.69) is 9.71 Å². The summed E-state index contributed by atoms with van der Waals surface area (Å²) in [5.41, 5.74) is 0.806. The van der Waals surface area contributed by atoms with Gasteiger partial charge < -0.3 is 4.74 Å². The molecule has 0 unspecified atom stereocenters. The van der Waals surface area contributed by atoms with Crippen LogP contribution in [0.3, 0.4) is 0 Å². The predicted molar refractivity (Wildman–Crippen MR) is 84.4 cm³/mol. The molecule has 0 fully saturated rings. The first kappa shape index (κ1) is 16.9. The van der Waals surface area contributed by atoms with Crippen molar-refractivity contribution >= 4 is 32.5 Å². The van der Waals surface area contributed by atoms with E-state index in [1.165, 1.54) is 24.3 Å². The van der Waals surface area contributed by atoms with Gasteiger partial charge in [-0.2, -0.15) is 5.26 Å². The number of rotatable bonds is 6. The number of nitriles is 1. The minimum absolute atomic E-state index is 0.0110. The van der Waals surface area contributed by atoms with Gasteiger partial charge in [0.05, 0.1) is 35.2 Å². The second kappa shape index (κ2) is 7.21. The molecule has 0 aliphatic carbocycles. The van der Waals surface area contributed by atoms with Gasteiger partial charge in [-0.3, -0.25) is 9.52 Å². The van der Waals surface area contributed by atoms with Crippen molar-refractivity contribution in [3.05, 3.63) is 40.9 Å². The quantitative estimate of drug-likeness (QED) is 0.796. The summed E-state index contributed by atoms with van der Waals surface area (Å²) in [5.74, 6) is -0.417. The minimum Gasteiger partial charge on any atom is -0.466 e. The Morgan fingerprint density at radius 2 is 2.09 bits per heavy atom. The molecule has 120 valence electrons. The highest BCUT2D eigenvalue weighted by molar-refractivity contribution is 7.93. The van der Waals surface area contributed by atoms with Crippen molar-refractivity contribution in [2.75, 3.05) is 11.3 Å². The number of hydrogen-bond acceptors (Lipinski definition) is 7. The van der Waals surface area contributed by atoms with Crippen LogP contribution < -0.4 is 4.72 Å². The number of carbonyl (C=O) groups is 1. The SMILES string of the molecule is CCOC(=O)Cc1csc(NS(=O)(=O)c2ccc(C#N)cc2)n1. The van der Waals surface area contributed by atoms with E-state index in [1.54, 1.807) is 12.3 Å². The molecule has 0 spiro atoms. The van der Waals surface area contributed by atoms with E-state index >= 15 is 0 Å². The van der Waals surface area contributed by atoms with Gasteiger partial charge >= 0.3 is 5.97 Å². The van der Waals surface area contributed by atoms with Crippen LogP contribution in [-0.2, 0) is 26.0 Å². The van der Waals surface area contributed by atoms with Crippen LogP contribution in [0.2, 0.25) is 0 Å². The maximum atomic E-state index is 12.2. The lowest BCUT2D eigenvalue weighted by Crippen LogP contribution is -2.13. The van der Waals surface area contributed by atoms with Crippen LogP contribution in [0.4, 0.5) is 5.13 Å². The van der Waals surface area contributed by atoms with Crippen LogP contribution in [0.15, 0.2) is 34.5 Å². The molecular weight excluding hydrogens is 338 g/mol. The maximum absolute atomic E-state index is 12.2. The number of nitrogens with one attached hydrogen (secondary N) is 1. The van der Waals surface area contributed by atoms with Gasteiger partial charge in [0.15, 0.2) is 5.13 Å². The molecule has 0 amide bonds. The number of benzene rings is 1. The molecule has 0 saturated heterocycles. The van der Waals surface area contributed by atoms with Crippen molar-refractivity contribution in [2.24, 2.45) is 0 Å². The highest BCUT2D eigenvalue weighted by Crippen LogP contribution is 2.20. The number of anilines is 1. The van der Waals surface area contributed by atoms with Crippen LogP contribution in [0, 0.1) is 11.3 Å². The summed E-state index contributed by atoms with van der Waals surface area (Å²) in [6, 6.07) is 7.44. The van der Waals surface area contributed by atoms with Crippen molar-refractivity contribution in [3.63, 3.8) is 0 Å². The summed E-state index contributed by atoms with van der Waals surface area (Å²) >= 11 is 1.08. The van der Waals surface area contributed by atoms with Crippen molar-refractivity contribution in [1.82, 2.24) is 4.98 Å². The van der Waals surface area contributed by atoms with Gasteiger partial charge in [-0.15, -0.1) is 11.3 Å². The number of sulfonamides is 1. The topological polar surface area (TPSA) is 109 Å². The largest absolute Gasteiger partial charge is 0.466 e. The monoisotopic (exact) mass is 351 g/mol. The second-order valence-electron chi connectivity index (χ2n) is 4.37. The number of thiazole rings is 1. The zero-order chi connectivity index (χ0) is 16.9. The standard InChI is InChI=1S/C14H13N3O4S2/c1-2-21-13(18)7-11-9-22-14(16-11)17-23(19,20)12-5-3-10(8-15)4-6-12/h3-6,9H,2,7H2,1H3,(H,16,17). The van der Waals surface area contributed by atoms with E-state index in [1.807, 2.05) is 6.07 Å². The average molecular weight is 351 g/mol. The Balaban J connectivity index is 2.10. The third-order valence-corrected chi connectivity index (χ3v) is 4.99. The molecule has 7 nitrogen and oxygen atoms in total. The molecule has 23 heavy (non-hydrogen) atoms. The third kappa shape index (κ3) is 4.51. The summed E-state index contributed by atoms with van der Waals surface area (Å²) in [6.45, 7) is 1.98. The predicted octanol–water partition coefficient (Wildman–Crippen LogP) is 1.92. The van der Waals surface area contributed by atoms with E-state index in [4.69, 9.17) is 10.00 Å². The van der Waals surface area contributed by atoms with Crippen LogP contribution in [-0.4, -0.2) is 26.0 Å². The lowest BCUT2D eigenvalue weighted by Gasteiger charge is -2.04. The van der Waals surface area contributed by atoms with Crippen LogP contribution in [0.5, 0.6) is 0 Å². The van der Waals surface area contributed by atoms with Crippen molar-refractivity contribution in [3.8, 4) is 6.07 Å². The van der Waals surface area contributed by atoms with Gasteiger partial charge in [0.2, 0.25) is 0 Å². The smallest absolute Gasteiger partial charge is 0.311 e. The summed E-state index contributed by atoms with van der Waals surface area (Å²) in [6.07, 6.45) is -0.0110. The molecule has 0 aliphatic heterocycles. The molecule has 0 saturated carbocycles. The van der Waals surface area contributed by atoms with Gasteiger partial charge in [-0.1, -0.05) is 0 Å². The Kier molecular flexibility index (Phi) is 5.31. The summed E-state index contributed by atoms with van der Waals surface area (Å²) < 4.78 is 31.6. The van der Waals surface area contributed by atoms with Gasteiger partial charge in [0.25, 0.3) is 10.0 Å². The Bertz CT molecular complexity index is 836. The Morgan fingerprint density at radius 1 is 1.39 bits per heavy atom. The fraction of sp³-hybridized carbons (Fsp3) is 0.214. The first-order valence-electron chi connectivity index (χ1n) is 6.57. The van der Waals surface area contributed by atoms with E-state index < -0.39 is 16.0 Å². The van der Waals surface area contributed by atoms with Gasteiger partial charge in [-0.25, -0.2) is 13.4 Å². The van der Waals surface area contributed by atoms with Gasteiger partial charge in [0, 0.05) is 5.38 Å². The summed E-state index contributed by atoms with van der Waals surface area (Å²) in [5, 5.41) is 10.5. The molecular formula is C14H13N3O4S2. The molecule has 0 atom stereocenters. The highest BCUT2D eigenvalue weighted by Gasteiger charge is 2.17. The van der Waals surface area contributed by atoms with Crippen LogP contribution in [0.25, 0.3) is 0 Å². The lowest BCUT2D eigenvalue weighted by atomic mass is 10.2. The van der Waals surface area contributed by atoms with E-state index in [0.29, 0.717) is 11.3 Å². The highest BCUT2D eigenvalue weighted by atomic mass is 32.2. The van der Waals surface area contributed by atoms with Crippen molar-refractivity contribution in [1.29, 1.82) is 5.26 Å². The summed E-state index contributed by atoms with van der Waals surface area (Å²) in [7, 11) is -3.79. The molecule has 9 heteroatoms. The van der Waals surface area contributed by atoms with E-state index in [0.717, 1.165) is 11.3 Å². The molecule has 1 aromatic heterocycles. The molecule has 0 bridgehead atoms. The Morgan fingerprint density at radius 3 is 2.70 bits per heavy atom. The average Bonchev–Trinajstić information content (AvgIpc) is 2.93. The Labute approximate surface area is 137 Å². The zero-order valence-corrected chi connectivity index (χ0v) is 13.8. The molecule has 2 aromatic rings. The van der Waals surface area contributed by atoms with Crippen molar-refractivity contribution < 1.29 is 17.9 Å². The second-order valence-corrected chi connectivity index (χ2v) is 6.91. The van der Waals surface area contributed by atoms with E-state index in [9.17, 15) is 13.2 Å². The van der Waals surface area contributed by atoms with Crippen molar-refractivity contribution in [2.45, 2.75) is 18.2 Å². The first-order valence-corrected chi connectivity index (χ1v) is 8.94. The number of ether oxygens (including phenoxy) is 1. The van der Waals surface area contributed by atoms with E-state index in [-0.39, 0.29) is 23.1 Å². The first-order chi connectivity index (χ1) is 10.9. The number of hydrogen-bond donors (Lipinski definition) is 1. The normalized spacial score (nSPS) is 10.8. The molecule has 0 radical (unpaired) electrons. The summed E-state index contributed by atoms with van der Waals surface area (Å²) in [4.78, 5) is 15.4. The fourth-order valence-corrected chi connectivity index (χ4v) is 3.64. The zero-order valence-electron chi connectivity index (χ0n) is 12.1. The molecule has 2 rings (SSSR count). The molecule has 1 heterocycles. The Hall–Kier alpha value is -2.44. The lowest BCUT2D eigenvalue weighted by molar-refractivity contribution is -0.142. The molecule has 1 N–H and O–H groups in total.